The van der Waals surface area contributed by atoms with Crippen LogP contribution in [0, 0.1) is 0 Å². The van der Waals surface area contributed by atoms with Crippen LogP contribution in [0.2, 0.25) is 0 Å². The van der Waals surface area contributed by atoms with Gasteiger partial charge in [0.1, 0.15) is 6.10 Å². The molecule has 0 aliphatic heterocycles. The Balaban J connectivity index is 2.73. The highest BCUT2D eigenvalue weighted by atomic mass is 32.2. The summed E-state index contributed by atoms with van der Waals surface area (Å²) in [6.45, 7) is 1.41. The van der Waals surface area contributed by atoms with Gasteiger partial charge < -0.3 is 14.9 Å². The van der Waals surface area contributed by atoms with Crippen LogP contribution in [0.1, 0.15) is 18.6 Å². The Morgan fingerprint density at radius 3 is 2.88 bits per heavy atom. The molecule has 0 saturated carbocycles. The lowest BCUT2D eigenvalue weighted by molar-refractivity contribution is -0.109. The molecule has 1 rings (SSSR count). The van der Waals surface area contributed by atoms with Crippen LogP contribution in [0.25, 0.3) is 0 Å². The van der Waals surface area contributed by atoms with E-state index in [1.165, 1.54) is 20.2 Å². The molecule has 94 valence electrons. The fraction of sp³-hybridized carbons (Fsp3) is 0.455. The molecule has 2 atom stereocenters. The number of nitrogens with zero attached hydrogens (tertiary/aromatic N) is 1. The Morgan fingerprint density at radius 2 is 2.29 bits per heavy atom. The minimum atomic E-state index is -1.12. The van der Waals surface area contributed by atoms with E-state index in [1.54, 1.807) is 12.1 Å². The van der Waals surface area contributed by atoms with Gasteiger partial charge in [-0.25, -0.2) is 4.98 Å². The molecule has 0 saturated heterocycles. The van der Waals surface area contributed by atoms with Crippen LogP contribution in [0.3, 0.4) is 0 Å². The molecule has 2 N–H and O–H groups in total. The van der Waals surface area contributed by atoms with Crippen molar-refractivity contribution in [3.8, 4) is 5.88 Å². The fourth-order valence-corrected chi connectivity index (χ4v) is 1.89. The minimum absolute atomic E-state index is 0.102. The molecule has 0 radical (unpaired) electrons. The van der Waals surface area contributed by atoms with Gasteiger partial charge in [0.15, 0.2) is 5.12 Å². The molecule has 2 unspecified atom stereocenters. The number of pyridine rings is 1. The van der Waals surface area contributed by atoms with E-state index < -0.39 is 12.2 Å². The first kappa shape index (κ1) is 14.0. The topological polar surface area (TPSA) is 79.7 Å². The molecule has 1 heterocycles. The number of rotatable bonds is 5. The van der Waals surface area contributed by atoms with E-state index in [0.717, 1.165) is 11.8 Å². The number of hydrogen-bond acceptors (Lipinski definition) is 6. The van der Waals surface area contributed by atoms with Crippen molar-refractivity contribution in [2.75, 3.05) is 12.9 Å². The van der Waals surface area contributed by atoms with Gasteiger partial charge in [-0.2, -0.15) is 0 Å². The molecule has 17 heavy (non-hydrogen) atoms. The molecule has 5 nitrogen and oxygen atoms in total. The van der Waals surface area contributed by atoms with Crippen molar-refractivity contribution < 1.29 is 19.7 Å². The maximum atomic E-state index is 10.8. The molecule has 1 aromatic heterocycles. The third-order valence-electron chi connectivity index (χ3n) is 2.13. The summed E-state index contributed by atoms with van der Waals surface area (Å²) in [5, 5.41) is 19.6. The van der Waals surface area contributed by atoms with Crippen LogP contribution >= 0.6 is 11.8 Å². The van der Waals surface area contributed by atoms with Gasteiger partial charge >= 0.3 is 0 Å². The molecule has 6 heteroatoms. The molecule has 0 aliphatic carbocycles. The summed E-state index contributed by atoms with van der Waals surface area (Å²) in [5.41, 5.74) is 0.409. The Hall–Kier alpha value is -1.11. The maximum Gasteiger partial charge on any atom is 0.218 e. The molecule has 0 bridgehead atoms. The van der Waals surface area contributed by atoms with Crippen molar-refractivity contribution in [2.45, 2.75) is 19.1 Å². The maximum absolute atomic E-state index is 10.8. The van der Waals surface area contributed by atoms with E-state index >= 15 is 0 Å². The number of carbonyl (C=O) groups is 1. The van der Waals surface area contributed by atoms with E-state index in [4.69, 9.17) is 4.74 Å². The lowest BCUT2D eigenvalue weighted by Gasteiger charge is -2.18. The average molecular weight is 257 g/mol. The summed E-state index contributed by atoms with van der Waals surface area (Å²) in [5.74, 6) is 0.404. The lowest BCUT2D eigenvalue weighted by Crippen LogP contribution is -2.22. The standard InChI is InChI=1S/C11H15NO4S/c1-7(13)17-6-9(14)10(15)8-4-3-5-12-11(8)16-2/h3-5,9-10,14-15H,6H2,1-2H3. The Labute approximate surface area is 104 Å². The van der Waals surface area contributed by atoms with Crippen LogP contribution < -0.4 is 4.74 Å². The largest absolute Gasteiger partial charge is 0.481 e. The second kappa shape index (κ2) is 6.58. The molecule has 0 fully saturated rings. The zero-order valence-electron chi connectivity index (χ0n) is 9.66. The highest BCUT2D eigenvalue weighted by Gasteiger charge is 2.22. The number of aromatic nitrogens is 1. The van der Waals surface area contributed by atoms with Crippen molar-refractivity contribution in [1.29, 1.82) is 0 Å². The first-order chi connectivity index (χ1) is 8.06. The van der Waals surface area contributed by atoms with Crippen molar-refractivity contribution >= 4 is 16.9 Å². The fourth-order valence-electron chi connectivity index (χ4n) is 1.30. The van der Waals surface area contributed by atoms with E-state index in [2.05, 4.69) is 4.98 Å². The van der Waals surface area contributed by atoms with Gasteiger partial charge in [-0.1, -0.05) is 11.8 Å². The first-order valence-electron chi connectivity index (χ1n) is 5.04. The van der Waals surface area contributed by atoms with Gasteiger partial charge in [0.05, 0.1) is 13.2 Å². The molecular formula is C11H15NO4S. The van der Waals surface area contributed by atoms with Crippen LogP contribution in [0.5, 0.6) is 5.88 Å². The third kappa shape index (κ3) is 3.99. The number of ether oxygens (including phenoxy) is 1. The van der Waals surface area contributed by atoms with Crippen LogP contribution in [-0.2, 0) is 4.79 Å². The number of thioether (sulfide) groups is 1. The summed E-state index contributed by atoms with van der Waals surface area (Å²) in [6.07, 6.45) is -0.626. The normalized spacial score (nSPS) is 14.1. The second-order valence-electron chi connectivity index (χ2n) is 3.42. The molecule has 0 amide bonds. The predicted octanol–water partition coefficient (Wildman–Crippen LogP) is 0.764. The van der Waals surface area contributed by atoms with E-state index in [9.17, 15) is 15.0 Å². The van der Waals surface area contributed by atoms with Crippen LogP contribution in [0.4, 0.5) is 0 Å². The smallest absolute Gasteiger partial charge is 0.218 e. The predicted molar refractivity (Wildman–Crippen MR) is 64.9 cm³/mol. The Morgan fingerprint density at radius 1 is 1.59 bits per heavy atom. The van der Waals surface area contributed by atoms with E-state index in [-0.39, 0.29) is 16.7 Å². The monoisotopic (exact) mass is 257 g/mol. The quantitative estimate of drug-likeness (QED) is 0.811. The molecule has 1 aromatic rings. The molecular weight excluding hydrogens is 242 g/mol. The van der Waals surface area contributed by atoms with Gasteiger partial charge in [0.2, 0.25) is 5.88 Å². The minimum Gasteiger partial charge on any atom is -0.481 e. The van der Waals surface area contributed by atoms with Gasteiger partial charge in [-0.3, -0.25) is 4.79 Å². The number of carbonyl (C=O) groups excluding carboxylic acids is 1. The zero-order valence-corrected chi connectivity index (χ0v) is 10.5. The summed E-state index contributed by atoms with van der Waals surface area (Å²) >= 11 is 0.966. The molecule has 0 aromatic carbocycles. The van der Waals surface area contributed by atoms with E-state index in [0.29, 0.717) is 5.56 Å². The van der Waals surface area contributed by atoms with Gasteiger partial charge in [-0.05, 0) is 12.1 Å². The van der Waals surface area contributed by atoms with Crippen LogP contribution in [0.15, 0.2) is 18.3 Å². The van der Waals surface area contributed by atoms with Gasteiger partial charge in [-0.15, -0.1) is 0 Å². The number of methoxy groups -OCH3 is 1. The Kier molecular flexibility index (Phi) is 5.40. The summed E-state index contributed by atoms with van der Waals surface area (Å²) in [4.78, 5) is 14.7. The molecule has 0 spiro atoms. The molecule has 0 aliphatic rings. The SMILES string of the molecule is COc1ncccc1C(O)C(O)CSC(C)=O. The summed E-state index contributed by atoms with van der Waals surface area (Å²) in [6, 6.07) is 3.27. The van der Waals surface area contributed by atoms with Crippen molar-refractivity contribution in [3.63, 3.8) is 0 Å². The highest BCUT2D eigenvalue weighted by Crippen LogP contribution is 2.26. The van der Waals surface area contributed by atoms with Crippen molar-refractivity contribution in [3.05, 3.63) is 23.9 Å². The summed E-state index contributed by atoms with van der Waals surface area (Å²) < 4.78 is 4.99. The highest BCUT2D eigenvalue weighted by molar-refractivity contribution is 8.13. The van der Waals surface area contributed by atoms with Gasteiger partial charge in [0, 0.05) is 24.4 Å². The average Bonchev–Trinajstić information content (AvgIpc) is 2.34. The van der Waals surface area contributed by atoms with Crippen molar-refractivity contribution in [2.24, 2.45) is 0 Å². The van der Waals surface area contributed by atoms with Gasteiger partial charge in [0.25, 0.3) is 0 Å². The van der Waals surface area contributed by atoms with E-state index in [1.807, 2.05) is 0 Å². The summed E-state index contributed by atoms with van der Waals surface area (Å²) in [7, 11) is 1.44. The first-order valence-corrected chi connectivity index (χ1v) is 6.03. The van der Waals surface area contributed by atoms with Crippen molar-refractivity contribution in [1.82, 2.24) is 4.98 Å². The number of hydrogen-bond donors (Lipinski definition) is 2. The number of aliphatic hydroxyl groups is 2. The zero-order chi connectivity index (χ0) is 12.8. The third-order valence-corrected chi connectivity index (χ3v) is 3.05. The lowest BCUT2D eigenvalue weighted by atomic mass is 10.1. The second-order valence-corrected chi connectivity index (χ2v) is 4.61. The Bertz CT molecular complexity index is 385. The number of aliphatic hydroxyl groups excluding tert-OH is 2. The van der Waals surface area contributed by atoms with Crippen LogP contribution in [-0.4, -0.2) is 39.3 Å².